The first-order chi connectivity index (χ1) is 16.8. The molecule has 5 rings (SSSR count). The van der Waals surface area contributed by atoms with Gasteiger partial charge in [-0.05, 0) is 50.5 Å². The van der Waals surface area contributed by atoms with Gasteiger partial charge < -0.3 is 14.2 Å². The summed E-state index contributed by atoms with van der Waals surface area (Å²) in [5.74, 6) is 1.29. The maximum absolute atomic E-state index is 13.0. The fourth-order valence-corrected chi connectivity index (χ4v) is 5.04. The molecule has 1 atom stereocenters. The van der Waals surface area contributed by atoms with E-state index in [0.717, 1.165) is 29.2 Å². The molecule has 7 heteroatoms. The Kier molecular flexibility index (Phi) is 6.01. The fraction of sp³-hybridized carbons (Fsp3) is 0.357. The van der Waals surface area contributed by atoms with Gasteiger partial charge >= 0.3 is 0 Å². The summed E-state index contributed by atoms with van der Waals surface area (Å²) in [5.41, 5.74) is 5.84. The Labute approximate surface area is 204 Å². The predicted molar refractivity (Wildman–Crippen MR) is 130 cm³/mol. The third-order valence-corrected chi connectivity index (χ3v) is 7.18. The zero-order valence-electron chi connectivity index (χ0n) is 20.3. The Morgan fingerprint density at radius 3 is 2.43 bits per heavy atom. The van der Waals surface area contributed by atoms with Crippen LogP contribution in [-0.4, -0.2) is 38.0 Å². The number of carbonyl (C=O) groups is 3. The molecule has 1 saturated carbocycles. The molecular weight excluding hydrogens is 442 g/mol. The van der Waals surface area contributed by atoms with Crippen molar-refractivity contribution in [3.63, 3.8) is 0 Å². The second kappa shape index (κ2) is 9.13. The van der Waals surface area contributed by atoms with Gasteiger partial charge in [-0.3, -0.25) is 14.4 Å². The zero-order chi connectivity index (χ0) is 24.7. The van der Waals surface area contributed by atoms with E-state index in [4.69, 9.17) is 4.74 Å². The molecule has 0 saturated heterocycles. The molecule has 1 amide bonds. The number of nitrogens with zero attached hydrogens (tertiary/aromatic N) is 3. The van der Waals surface area contributed by atoms with Gasteiger partial charge in [0.05, 0.1) is 24.7 Å². The van der Waals surface area contributed by atoms with Gasteiger partial charge in [0, 0.05) is 29.8 Å². The number of ketones is 2. The summed E-state index contributed by atoms with van der Waals surface area (Å²) in [4.78, 5) is 43.2. The Balaban J connectivity index is 1.26. The van der Waals surface area contributed by atoms with Crippen molar-refractivity contribution >= 4 is 17.5 Å². The topological polar surface area (TPSA) is 81.5 Å². The van der Waals surface area contributed by atoms with Gasteiger partial charge in [-0.15, -0.1) is 0 Å². The van der Waals surface area contributed by atoms with Crippen molar-refractivity contribution in [1.29, 1.82) is 0 Å². The fourth-order valence-electron chi connectivity index (χ4n) is 5.04. The molecule has 2 heterocycles. The molecule has 0 bridgehead atoms. The summed E-state index contributed by atoms with van der Waals surface area (Å²) in [6.07, 6.45) is 0.664. The molecule has 2 aromatic carbocycles. The Morgan fingerprint density at radius 2 is 1.74 bits per heavy atom. The second-order valence-electron chi connectivity index (χ2n) is 9.47. The highest BCUT2D eigenvalue weighted by molar-refractivity contribution is 6.07. The molecule has 1 fully saturated rings. The Hall–Kier alpha value is -3.74. The highest BCUT2D eigenvalue weighted by Crippen LogP contribution is 2.34. The average molecular weight is 472 g/mol. The van der Waals surface area contributed by atoms with Crippen molar-refractivity contribution in [3.8, 4) is 5.75 Å². The Bertz CT molecular complexity index is 1320. The van der Waals surface area contributed by atoms with Crippen LogP contribution in [-0.2, 0) is 29.3 Å². The molecule has 1 aromatic heterocycles. The standard InChI is InChI=1S/C28H29N3O4/c1-17-18(2)30(19(3)29-17)14-20-7-9-21(10-8-20)16-35-27-6-4-5-23-24(27)15-31(28(23)34)25-12-11-22(32)13-26(25)33/h4-10,25H,11-16H2,1-3H3. The van der Waals surface area contributed by atoms with E-state index in [0.29, 0.717) is 37.3 Å². The molecule has 1 unspecified atom stereocenters. The minimum absolute atomic E-state index is 0.0455. The van der Waals surface area contributed by atoms with Crippen molar-refractivity contribution in [3.05, 3.63) is 81.9 Å². The van der Waals surface area contributed by atoms with Crippen LogP contribution in [0.3, 0.4) is 0 Å². The van der Waals surface area contributed by atoms with Gasteiger partial charge in [0.15, 0.2) is 5.78 Å². The number of ether oxygens (including phenoxy) is 1. The first-order valence-electron chi connectivity index (χ1n) is 12.0. The van der Waals surface area contributed by atoms with Crippen molar-refractivity contribution in [1.82, 2.24) is 14.5 Å². The van der Waals surface area contributed by atoms with Crippen molar-refractivity contribution in [2.24, 2.45) is 0 Å². The van der Waals surface area contributed by atoms with Gasteiger partial charge in [0.2, 0.25) is 0 Å². The van der Waals surface area contributed by atoms with Crippen LogP contribution in [0, 0.1) is 20.8 Å². The highest BCUT2D eigenvalue weighted by atomic mass is 16.5. The van der Waals surface area contributed by atoms with Crippen LogP contribution in [0.1, 0.15) is 63.5 Å². The van der Waals surface area contributed by atoms with Gasteiger partial charge in [-0.2, -0.15) is 0 Å². The van der Waals surface area contributed by atoms with E-state index in [9.17, 15) is 14.4 Å². The summed E-state index contributed by atoms with van der Waals surface area (Å²) in [5, 5.41) is 0. The molecule has 2 aliphatic rings. The smallest absolute Gasteiger partial charge is 0.255 e. The predicted octanol–water partition coefficient (Wildman–Crippen LogP) is 4.08. The molecule has 0 spiro atoms. The number of amides is 1. The lowest BCUT2D eigenvalue weighted by atomic mass is 9.92. The van der Waals surface area contributed by atoms with Gasteiger partial charge in [-0.25, -0.2) is 4.98 Å². The number of hydrogen-bond donors (Lipinski definition) is 0. The number of aromatic nitrogens is 2. The third-order valence-electron chi connectivity index (χ3n) is 7.18. The number of benzene rings is 2. The van der Waals surface area contributed by atoms with Crippen molar-refractivity contribution in [2.75, 3.05) is 0 Å². The maximum atomic E-state index is 13.0. The van der Waals surface area contributed by atoms with Crippen LogP contribution in [0.5, 0.6) is 5.75 Å². The first-order valence-corrected chi connectivity index (χ1v) is 12.0. The summed E-state index contributed by atoms with van der Waals surface area (Å²) in [6, 6.07) is 13.2. The summed E-state index contributed by atoms with van der Waals surface area (Å²) >= 11 is 0. The minimum Gasteiger partial charge on any atom is -0.489 e. The molecule has 35 heavy (non-hydrogen) atoms. The number of fused-ring (bicyclic) bond motifs is 1. The number of Topliss-reactive ketones (excluding diaryl/α,β-unsaturated/α-hetero) is 2. The van der Waals surface area contributed by atoms with E-state index in [1.165, 1.54) is 11.3 Å². The van der Waals surface area contributed by atoms with Crippen molar-refractivity contribution in [2.45, 2.75) is 65.8 Å². The molecule has 3 aromatic rings. The van der Waals surface area contributed by atoms with E-state index in [2.05, 4.69) is 40.7 Å². The summed E-state index contributed by atoms with van der Waals surface area (Å²) < 4.78 is 8.34. The molecule has 0 radical (unpaired) electrons. The normalized spacial score (nSPS) is 17.7. The summed E-state index contributed by atoms with van der Waals surface area (Å²) in [6.45, 7) is 7.62. The van der Waals surface area contributed by atoms with Gasteiger partial charge in [-0.1, -0.05) is 30.3 Å². The number of aryl methyl sites for hydroxylation is 2. The van der Waals surface area contributed by atoms with Crippen molar-refractivity contribution < 1.29 is 19.1 Å². The number of rotatable bonds is 6. The third kappa shape index (κ3) is 4.38. The zero-order valence-corrected chi connectivity index (χ0v) is 20.3. The van der Waals surface area contributed by atoms with Crippen LogP contribution in [0.4, 0.5) is 0 Å². The average Bonchev–Trinajstić information content (AvgIpc) is 3.29. The monoisotopic (exact) mass is 471 g/mol. The van der Waals surface area contributed by atoms with E-state index in [1.54, 1.807) is 11.0 Å². The molecule has 0 N–H and O–H groups in total. The van der Waals surface area contributed by atoms with E-state index in [-0.39, 0.29) is 23.9 Å². The number of carbonyl (C=O) groups excluding carboxylic acids is 3. The van der Waals surface area contributed by atoms with Crippen LogP contribution in [0.15, 0.2) is 42.5 Å². The molecule has 180 valence electrons. The van der Waals surface area contributed by atoms with Gasteiger partial charge in [0.1, 0.15) is 24.0 Å². The maximum Gasteiger partial charge on any atom is 0.255 e. The molecular formula is C28H29N3O4. The molecule has 1 aliphatic carbocycles. The minimum atomic E-state index is -0.528. The van der Waals surface area contributed by atoms with Crippen LogP contribution in [0.25, 0.3) is 0 Å². The lowest BCUT2D eigenvalue weighted by Gasteiger charge is -2.29. The van der Waals surface area contributed by atoms with Crippen LogP contribution in [0.2, 0.25) is 0 Å². The van der Waals surface area contributed by atoms with E-state index >= 15 is 0 Å². The van der Waals surface area contributed by atoms with E-state index < -0.39 is 6.04 Å². The first kappa shape index (κ1) is 23.0. The van der Waals surface area contributed by atoms with Crippen LogP contribution < -0.4 is 4.74 Å². The van der Waals surface area contributed by atoms with Crippen LogP contribution >= 0.6 is 0 Å². The quantitative estimate of drug-likeness (QED) is 0.506. The van der Waals surface area contributed by atoms with E-state index in [1.807, 2.05) is 26.0 Å². The lowest BCUT2D eigenvalue weighted by molar-refractivity contribution is -0.133. The Morgan fingerprint density at radius 1 is 1.00 bits per heavy atom. The molecule has 1 aliphatic heterocycles. The second-order valence-corrected chi connectivity index (χ2v) is 9.47. The van der Waals surface area contributed by atoms with Gasteiger partial charge in [0.25, 0.3) is 5.91 Å². The number of imidazole rings is 1. The highest BCUT2D eigenvalue weighted by Gasteiger charge is 2.39. The SMILES string of the molecule is Cc1nc(C)n(Cc2ccc(COc3cccc4c3CN(C3CCC(=O)CC3=O)C4=O)cc2)c1C. The number of hydrogen-bond acceptors (Lipinski definition) is 5. The molecule has 7 nitrogen and oxygen atoms in total. The summed E-state index contributed by atoms with van der Waals surface area (Å²) in [7, 11) is 0. The largest absolute Gasteiger partial charge is 0.489 e. The lowest BCUT2D eigenvalue weighted by Crippen LogP contribution is -2.44.